The maximum Gasteiger partial charge on any atom is 0.119 e. The standard InChI is InChI=1S/C18H21NO/c1-15(13-19-2)12-16-8-10-18(11-9-16)20-14-17-6-4-3-5-7-17/h3-12,19H,13-14H2,1-2H3. The number of rotatable bonds is 6. The Balaban J connectivity index is 1.93. The lowest BCUT2D eigenvalue weighted by Gasteiger charge is -2.07. The monoisotopic (exact) mass is 267 g/mol. The lowest BCUT2D eigenvalue weighted by atomic mass is 10.1. The molecule has 2 nitrogen and oxygen atoms in total. The first-order valence-corrected chi connectivity index (χ1v) is 6.86. The number of hydrogen-bond donors (Lipinski definition) is 1. The summed E-state index contributed by atoms with van der Waals surface area (Å²) in [5.41, 5.74) is 3.69. The highest BCUT2D eigenvalue weighted by molar-refractivity contribution is 5.53. The molecule has 0 radical (unpaired) electrons. The number of nitrogens with one attached hydrogen (secondary N) is 1. The molecule has 20 heavy (non-hydrogen) atoms. The van der Waals surface area contributed by atoms with Crippen LogP contribution in [0.4, 0.5) is 0 Å². The Bertz CT molecular complexity index is 543. The SMILES string of the molecule is CNCC(C)=Cc1ccc(OCc2ccccc2)cc1. The lowest BCUT2D eigenvalue weighted by Crippen LogP contribution is -2.08. The maximum atomic E-state index is 5.77. The summed E-state index contributed by atoms with van der Waals surface area (Å²) in [5, 5.41) is 3.14. The quantitative estimate of drug-likeness (QED) is 0.857. The number of hydrogen-bond acceptors (Lipinski definition) is 2. The summed E-state index contributed by atoms with van der Waals surface area (Å²) in [5.74, 6) is 0.900. The molecule has 0 aliphatic carbocycles. The van der Waals surface area contributed by atoms with Crippen molar-refractivity contribution in [2.45, 2.75) is 13.5 Å². The van der Waals surface area contributed by atoms with Gasteiger partial charge in [-0.05, 0) is 37.2 Å². The van der Waals surface area contributed by atoms with Gasteiger partial charge in [-0.1, -0.05) is 54.1 Å². The summed E-state index contributed by atoms with van der Waals surface area (Å²) in [6.07, 6.45) is 2.18. The Morgan fingerprint density at radius 1 is 1.05 bits per heavy atom. The molecule has 0 aromatic heterocycles. The van der Waals surface area contributed by atoms with E-state index in [0.717, 1.165) is 12.3 Å². The molecule has 0 saturated heterocycles. The number of ether oxygens (including phenoxy) is 1. The molecule has 0 spiro atoms. The van der Waals surface area contributed by atoms with Crippen molar-refractivity contribution in [3.8, 4) is 5.75 Å². The molecule has 1 N–H and O–H groups in total. The summed E-state index contributed by atoms with van der Waals surface area (Å²) in [7, 11) is 1.96. The van der Waals surface area contributed by atoms with Gasteiger partial charge in [0.2, 0.25) is 0 Å². The molecule has 0 aliphatic rings. The second kappa shape index (κ2) is 7.51. The van der Waals surface area contributed by atoms with E-state index in [9.17, 15) is 0 Å². The van der Waals surface area contributed by atoms with E-state index in [0.29, 0.717) is 6.61 Å². The van der Waals surface area contributed by atoms with Crippen molar-refractivity contribution in [3.05, 3.63) is 71.3 Å². The summed E-state index contributed by atoms with van der Waals surface area (Å²) in [4.78, 5) is 0. The molecule has 0 atom stereocenters. The third-order valence-electron chi connectivity index (χ3n) is 3.00. The number of likely N-dealkylation sites (N-methyl/N-ethyl adjacent to an activating group) is 1. The van der Waals surface area contributed by atoms with E-state index >= 15 is 0 Å². The molecule has 0 saturated carbocycles. The Hall–Kier alpha value is -2.06. The van der Waals surface area contributed by atoms with Crippen molar-refractivity contribution < 1.29 is 4.74 Å². The molecule has 2 aromatic rings. The minimum atomic E-state index is 0.606. The predicted molar refractivity (Wildman–Crippen MR) is 84.8 cm³/mol. The Morgan fingerprint density at radius 2 is 1.75 bits per heavy atom. The van der Waals surface area contributed by atoms with Gasteiger partial charge in [0.1, 0.15) is 12.4 Å². The van der Waals surface area contributed by atoms with Crippen LogP contribution in [0.25, 0.3) is 6.08 Å². The molecule has 0 aliphatic heterocycles. The zero-order chi connectivity index (χ0) is 14.2. The van der Waals surface area contributed by atoms with Crippen LogP contribution in [0.2, 0.25) is 0 Å². The maximum absolute atomic E-state index is 5.77. The van der Waals surface area contributed by atoms with E-state index in [1.54, 1.807) is 0 Å². The molecule has 2 aromatic carbocycles. The smallest absolute Gasteiger partial charge is 0.119 e. The molecule has 0 fully saturated rings. The van der Waals surface area contributed by atoms with E-state index in [1.165, 1.54) is 16.7 Å². The fourth-order valence-corrected chi connectivity index (χ4v) is 2.02. The van der Waals surface area contributed by atoms with Gasteiger partial charge in [0.05, 0.1) is 0 Å². The summed E-state index contributed by atoms with van der Waals surface area (Å²) < 4.78 is 5.77. The molecular weight excluding hydrogens is 246 g/mol. The molecule has 104 valence electrons. The van der Waals surface area contributed by atoms with Crippen LogP contribution < -0.4 is 10.1 Å². The van der Waals surface area contributed by atoms with Crippen LogP contribution in [0, 0.1) is 0 Å². The Kier molecular flexibility index (Phi) is 5.39. The van der Waals surface area contributed by atoms with E-state index in [4.69, 9.17) is 4.74 Å². The van der Waals surface area contributed by atoms with Crippen LogP contribution in [-0.2, 0) is 6.61 Å². The molecule has 0 heterocycles. The fraction of sp³-hybridized carbons (Fsp3) is 0.222. The predicted octanol–water partition coefficient (Wildman–Crippen LogP) is 3.89. The van der Waals surface area contributed by atoms with Gasteiger partial charge in [0.25, 0.3) is 0 Å². The number of benzene rings is 2. The van der Waals surface area contributed by atoms with Gasteiger partial charge in [-0.15, -0.1) is 0 Å². The van der Waals surface area contributed by atoms with E-state index in [-0.39, 0.29) is 0 Å². The first-order chi connectivity index (χ1) is 9.78. The lowest BCUT2D eigenvalue weighted by molar-refractivity contribution is 0.306. The average molecular weight is 267 g/mol. The minimum absolute atomic E-state index is 0.606. The summed E-state index contributed by atoms with van der Waals surface area (Å²) in [6.45, 7) is 3.64. The largest absolute Gasteiger partial charge is 0.489 e. The molecule has 2 heteroatoms. The van der Waals surface area contributed by atoms with Crippen molar-refractivity contribution in [1.29, 1.82) is 0 Å². The normalized spacial score (nSPS) is 11.4. The fourth-order valence-electron chi connectivity index (χ4n) is 2.02. The summed E-state index contributed by atoms with van der Waals surface area (Å²) >= 11 is 0. The van der Waals surface area contributed by atoms with E-state index < -0.39 is 0 Å². The van der Waals surface area contributed by atoms with Gasteiger partial charge in [-0.2, -0.15) is 0 Å². The van der Waals surface area contributed by atoms with E-state index in [2.05, 4.69) is 42.6 Å². The highest BCUT2D eigenvalue weighted by Crippen LogP contribution is 2.16. The molecule has 2 rings (SSSR count). The Labute approximate surface area is 121 Å². The summed E-state index contributed by atoms with van der Waals surface area (Å²) in [6, 6.07) is 18.4. The van der Waals surface area contributed by atoms with Gasteiger partial charge < -0.3 is 10.1 Å². The second-order valence-corrected chi connectivity index (χ2v) is 4.86. The topological polar surface area (TPSA) is 21.3 Å². The van der Waals surface area contributed by atoms with E-state index in [1.807, 2.05) is 37.4 Å². The zero-order valence-electron chi connectivity index (χ0n) is 12.1. The molecule has 0 unspecified atom stereocenters. The molecule has 0 bridgehead atoms. The van der Waals surface area contributed by atoms with Crippen molar-refractivity contribution in [2.24, 2.45) is 0 Å². The van der Waals surface area contributed by atoms with Gasteiger partial charge in [0.15, 0.2) is 0 Å². The first kappa shape index (κ1) is 14.4. The third-order valence-corrected chi connectivity index (χ3v) is 3.00. The van der Waals surface area contributed by atoms with Crippen LogP contribution in [0.5, 0.6) is 5.75 Å². The van der Waals surface area contributed by atoms with Crippen LogP contribution in [0.1, 0.15) is 18.1 Å². The second-order valence-electron chi connectivity index (χ2n) is 4.86. The van der Waals surface area contributed by atoms with Gasteiger partial charge >= 0.3 is 0 Å². The molecular formula is C18H21NO. The molecule has 0 amide bonds. The highest BCUT2D eigenvalue weighted by Gasteiger charge is 1.96. The Morgan fingerprint density at radius 3 is 2.40 bits per heavy atom. The van der Waals surface area contributed by atoms with Crippen molar-refractivity contribution in [2.75, 3.05) is 13.6 Å². The third kappa shape index (κ3) is 4.56. The zero-order valence-corrected chi connectivity index (χ0v) is 12.1. The van der Waals surface area contributed by atoms with Crippen LogP contribution in [-0.4, -0.2) is 13.6 Å². The first-order valence-electron chi connectivity index (χ1n) is 6.86. The van der Waals surface area contributed by atoms with Crippen LogP contribution in [0.3, 0.4) is 0 Å². The van der Waals surface area contributed by atoms with Gasteiger partial charge in [-0.3, -0.25) is 0 Å². The van der Waals surface area contributed by atoms with Crippen LogP contribution in [0.15, 0.2) is 60.2 Å². The van der Waals surface area contributed by atoms with Crippen molar-refractivity contribution in [3.63, 3.8) is 0 Å². The van der Waals surface area contributed by atoms with Gasteiger partial charge in [0, 0.05) is 6.54 Å². The highest BCUT2D eigenvalue weighted by atomic mass is 16.5. The van der Waals surface area contributed by atoms with Gasteiger partial charge in [-0.25, -0.2) is 0 Å². The average Bonchev–Trinajstić information content (AvgIpc) is 2.48. The minimum Gasteiger partial charge on any atom is -0.489 e. The van der Waals surface area contributed by atoms with Crippen molar-refractivity contribution >= 4 is 6.08 Å². The van der Waals surface area contributed by atoms with Crippen molar-refractivity contribution in [1.82, 2.24) is 5.32 Å². The van der Waals surface area contributed by atoms with Crippen LogP contribution >= 0.6 is 0 Å².